The third-order valence-electron chi connectivity index (χ3n) is 2.08. The van der Waals surface area contributed by atoms with Gasteiger partial charge in [-0.05, 0) is 18.2 Å². The van der Waals surface area contributed by atoms with Crippen LogP contribution in [0.2, 0.25) is 5.02 Å². The summed E-state index contributed by atoms with van der Waals surface area (Å²) in [5.41, 5.74) is 1.58. The first-order valence-corrected chi connectivity index (χ1v) is 4.30. The first-order valence-electron chi connectivity index (χ1n) is 3.92. The molecule has 0 atom stereocenters. The van der Waals surface area contributed by atoms with Gasteiger partial charge in [0.05, 0.1) is 10.5 Å². The minimum absolute atomic E-state index is 0.615. The zero-order valence-electron chi connectivity index (χ0n) is 7.12. The molecule has 0 fully saturated rings. The number of benzene rings is 1. The van der Waals surface area contributed by atoms with Crippen molar-refractivity contribution in [1.82, 2.24) is 4.57 Å². The summed E-state index contributed by atoms with van der Waals surface area (Å²) in [4.78, 5) is 10.5. The summed E-state index contributed by atoms with van der Waals surface area (Å²) in [5, 5.41) is 1.62. The lowest BCUT2D eigenvalue weighted by Crippen LogP contribution is -1.86. The van der Waals surface area contributed by atoms with E-state index in [1.54, 1.807) is 6.07 Å². The molecule has 0 aliphatic carbocycles. The van der Waals surface area contributed by atoms with E-state index >= 15 is 0 Å². The molecule has 2 nitrogen and oxygen atoms in total. The second kappa shape index (κ2) is 2.89. The van der Waals surface area contributed by atoms with E-state index in [9.17, 15) is 4.79 Å². The maximum absolute atomic E-state index is 10.5. The normalized spacial score (nSPS) is 10.6. The highest BCUT2D eigenvalue weighted by Crippen LogP contribution is 2.25. The number of halogens is 1. The zero-order chi connectivity index (χ0) is 9.42. The van der Waals surface area contributed by atoms with Crippen molar-refractivity contribution in [3.8, 4) is 0 Å². The molecule has 2 aromatic rings. The van der Waals surface area contributed by atoms with Gasteiger partial charge in [-0.25, -0.2) is 0 Å². The second-order valence-electron chi connectivity index (χ2n) is 2.99. The maximum Gasteiger partial charge on any atom is 0.150 e. The van der Waals surface area contributed by atoms with Crippen LogP contribution in [0.25, 0.3) is 10.9 Å². The smallest absolute Gasteiger partial charge is 0.150 e. The van der Waals surface area contributed by atoms with E-state index in [1.807, 2.05) is 29.9 Å². The monoisotopic (exact) mass is 193 g/mol. The van der Waals surface area contributed by atoms with E-state index in [0.717, 1.165) is 17.2 Å². The van der Waals surface area contributed by atoms with E-state index in [0.29, 0.717) is 10.6 Å². The second-order valence-corrected chi connectivity index (χ2v) is 3.39. The molecular weight excluding hydrogens is 186 g/mol. The molecule has 0 saturated carbocycles. The number of carbonyl (C=O) groups excluding carboxylic acids is 1. The van der Waals surface area contributed by atoms with Crippen molar-refractivity contribution >= 4 is 28.8 Å². The molecule has 2 rings (SSSR count). The van der Waals surface area contributed by atoms with Gasteiger partial charge in [0.15, 0.2) is 0 Å². The average molecular weight is 194 g/mol. The molecule has 0 N–H and O–H groups in total. The summed E-state index contributed by atoms with van der Waals surface area (Å²) in [5.74, 6) is 0. The number of aryl methyl sites for hydroxylation is 1. The first-order chi connectivity index (χ1) is 6.22. The fourth-order valence-electron chi connectivity index (χ4n) is 1.48. The summed E-state index contributed by atoms with van der Waals surface area (Å²) in [6.45, 7) is 0. The van der Waals surface area contributed by atoms with Crippen LogP contribution in [-0.4, -0.2) is 10.9 Å². The Morgan fingerprint density at radius 1 is 1.46 bits per heavy atom. The first kappa shape index (κ1) is 8.32. The Balaban J connectivity index is 2.86. The number of nitrogens with zero attached hydrogens (tertiary/aromatic N) is 1. The van der Waals surface area contributed by atoms with Crippen LogP contribution >= 0.6 is 11.6 Å². The molecule has 0 radical (unpaired) electrons. The van der Waals surface area contributed by atoms with E-state index in [2.05, 4.69) is 0 Å². The number of rotatable bonds is 1. The lowest BCUT2D eigenvalue weighted by Gasteiger charge is -1.99. The van der Waals surface area contributed by atoms with Crippen LogP contribution in [0.3, 0.4) is 0 Å². The summed E-state index contributed by atoms with van der Waals surface area (Å²) >= 11 is 6.01. The Morgan fingerprint density at radius 3 is 2.92 bits per heavy atom. The third kappa shape index (κ3) is 1.23. The Labute approximate surface area is 80.7 Å². The largest absolute Gasteiger partial charge is 0.349 e. The molecule has 66 valence electrons. The molecule has 1 heterocycles. The number of aromatic nitrogens is 1. The number of fused-ring (bicyclic) bond motifs is 1. The SMILES string of the molecule is Cn1ccc2cc(C=O)cc(Cl)c21. The van der Waals surface area contributed by atoms with Gasteiger partial charge in [0.2, 0.25) is 0 Å². The molecule has 0 bridgehead atoms. The molecule has 0 aliphatic heterocycles. The molecule has 1 aromatic carbocycles. The minimum Gasteiger partial charge on any atom is -0.349 e. The van der Waals surface area contributed by atoms with Crippen LogP contribution in [0.1, 0.15) is 10.4 Å². The van der Waals surface area contributed by atoms with E-state index in [-0.39, 0.29) is 0 Å². The zero-order valence-corrected chi connectivity index (χ0v) is 7.88. The Morgan fingerprint density at radius 2 is 2.23 bits per heavy atom. The molecule has 0 spiro atoms. The van der Waals surface area contributed by atoms with Crippen LogP contribution in [0.4, 0.5) is 0 Å². The molecule has 0 unspecified atom stereocenters. The Bertz CT molecular complexity index is 473. The lowest BCUT2D eigenvalue weighted by atomic mass is 10.2. The molecule has 0 aliphatic rings. The fraction of sp³-hybridized carbons (Fsp3) is 0.100. The van der Waals surface area contributed by atoms with Gasteiger partial charge in [0, 0.05) is 24.2 Å². The van der Waals surface area contributed by atoms with E-state index < -0.39 is 0 Å². The van der Waals surface area contributed by atoms with Gasteiger partial charge in [-0.2, -0.15) is 0 Å². The number of aldehydes is 1. The van der Waals surface area contributed by atoms with Crippen LogP contribution in [0, 0.1) is 0 Å². The van der Waals surface area contributed by atoms with Crippen molar-refractivity contribution in [2.45, 2.75) is 0 Å². The van der Waals surface area contributed by atoms with Crippen LogP contribution in [0.5, 0.6) is 0 Å². The highest BCUT2D eigenvalue weighted by molar-refractivity contribution is 6.35. The van der Waals surface area contributed by atoms with Gasteiger partial charge >= 0.3 is 0 Å². The highest BCUT2D eigenvalue weighted by atomic mass is 35.5. The number of hydrogen-bond donors (Lipinski definition) is 0. The molecule has 0 amide bonds. The van der Waals surface area contributed by atoms with Crippen molar-refractivity contribution in [2.75, 3.05) is 0 Å². The van der Waals surface area contributed by atoms with Gasteiger partial charge in [-0.3, -0.25) is 4.79 Å². The van der Waals surface area contributed by atoms with Crippen molar-refractivity contribution in [3.05, 3.63) is 35.0 Å². The minimum atomic E-state index is 0.615. The predicted molar refractivity (Wildman–Crippen MR) is 53.3 cm³/mol. The number of carbonyl (C=O) groups is 1. The van der Waals surface area contributed by atoms with Crippen molar-refractivity contribution < 1.29 is 4.79 Å². The average Bonchev–Trinajstić information content (AvgIpc) is 2.48. The van der Waals surface area contributed by atoms with Crippen LogP contribution < -0.4 is 0 Å². The molecule has 1 aromatic heterocycles. The maximum atomic E-state index is 10.5. The van der Waals surface area contributed by atoms with Crippen molar-refractivity contribution in [1.29, 1.82) is 0 Å². The lowest BCUT2D eigenvalue weighted by molar-refractivity contribution is 0.112. The van der Waals surface area contributed by atoms with Crippen molar-refractivity contribution in [3.63, 3.8) is 0 Å². The van der Waals surface area contributed by atoms with Gasteiger partial charge in [-0.1, -0.05) is 11.6 Å². The van der Waals surface area contributed by atoms with E-state index in [1.165, 1.54) is 0 Å². The molecule has 3 heteroatoms. The number of hydrogen-bond acceptors (Lipinski definition) is 1. The van der Waals surface area contributed by atoms with Gasteiger partial charge in [0.1, 0.15) is 6.29 Å². The molecule has 13 heavy (non-hydrogen) atoms. The predicted octanol–water partition coefficient (Wildman–Crippen LogP) is 2.64. The van der Waals surface area contributed by atoms with Gasteiger partial charge in [-0.15, -0.1) is 0 Å². The summed E-state index contributed by atoms with van der Waals surface area (Å²) in [6.07, 6.45) is 2.73. The standard InChI is InChI=1S/C10H8ClNO/c1-12-3-2-8-4-7(6-13)5-9(11)10(8)12/h2-6H,1H3. The third-order valence-corrected chi connectivity index (χ3v) is 2.37. The van der Waals surface area contributed by atoms with Crippen LogP contribution in [0.15, 0.2) is 24.4 Å². The van der Waals surface area contributed by atoms with E-state index in [4.69, 9.17) is 11.6 Å². The highest BCUT2D eigenvalue weighted by Gasteiger charge is 2.04. The van der Waals surface area contributed by atoms with Crippen LogP contribution in [-0.2, 0) is 7.05 Å². The molecule has 0 saturated heterocycles. The van der Waals surface area contributed by atoms with Gasteiger partial charge in [0.25, 0.3) is 0 Å². The topological polar surface area (TPSA) is 22.0 Å². The summed E-state index contributed by atoms with van der Waals surface area (Å²) in [6, 6.07) is 5.44. The molecular formula is C10H8ClNO. The Hall–Kier alpha value is -1.28. The Kier molecular flexibility index (Phi) is 1.85. The fourth-order valence-corrected chi connectivity index (χ4v) is 1.84. The summed E-state index contributed by atoms with van der Waals surface area (Å²) < 4.78 is 1.94. The van der Waals surface area contributed by atoms with Crippen molar-refractivity contribution in [2.24, 2.45) is 7.05 Å². The summed E-state index contributed by atoms with van der Waals surface area (Å²) in [7, 11) is 1.93. The van der Waals surface area contributed by atoms with Gasteiger partial charge < -0.3 is 4.57 Å². The quantitative estimate of drug-likeness (QED) is 0.639.